The Labute approximate surface area is 156 Å². The van der Waals surface area contributed by atoms with E-state index in [2.05, 4.69) is 32.9 Å². The third-order valence-electron chi connectivity index (χ3n) is 4.84. The first-order valence-corrected chi connectivity index (χ1v) is 9.32. The van der Waals surface area contributed by atoms with Gasteiger partial charge in [-0.05, 0) is 67.4 Å². The molecule has 0 saturated carbocycles. The highest BCUT2D eigenvalue weighted by Gasteiger charge is 2.26. The first-order chi connectivity index (χ1) is 12.3. The predicted molar refractivity (Wildman–Crippen MR) is 106 cm³/mol. The van der Waals surface area contributed by atoms with E-state index in [1.807, 2.05) is 24.3 Å². The molecular weight excluding hydrogens is 327 g/mol. The van der Waals surface area contributed by atoms with E-state index in [1.54, 1.807) is 6.92 Å². The summed E-state index contributed by atoms with van der Waals surface area (Å²) in [7, 11) is 0. The molecule has 2 rings (SSSR count). The van der Waals surface area contributed by atoms with Crippen LogP contribution in [0.3, 0.4) is 0 Å². The fourth-order valence-corrected chi connectivity index (χ4v) is 3.52. The molecule has 140 valence electrons. The number of rotatable bonds is 6. The molecule has 1 aliphatic carbocycles. The Morgan fingerprint density at radius 1 is 1.27 bits per heavy atom. The molecule has 0 amide bonds. The van der Waals surface area contributed by atoms with Crippen molar-refractivity contribution >= 4 is 18.1 Å². The van der Waals surface area contributed by atoms with E-state index in [1.165, 1.54) is 30.1 Å². The van der Waals surface area contributed by atoms with Crippen LogP contribution >= 0.6 is 0 Å². The van der Waals surface area contributed by atoms with E-state index in [-0.39, 0.29) is 18.4 Å². The molecule has 0 saturated heterocycles. The highest BCUT2D eigenvalue weighted by molar-refractivity contribution is 5.74. The van der Waals surface area contributed by atoms with Gasteiger partial charge in [-0.25, -0.2) is 4.39 Å². The minimum Gasteiger partial charge on any atom is -0.466 e. The van der Waals surface area contributed by atoms with Gasteiger partial charge in [-0.2, -0.15) is 0 Å². The molecule has 0 radical (unpaired) electrons. The number of benzene rings is 1. The Kier molecular flexibility index (Phi) is 6.96. The normalized spacial score (nSPS) is 17.7. The molecule has 0 bridgehead atoms. The van der Waals surface area contributed by atoms with Crippen LogP contribution < -0.4 is 0 Å². The van der Waals surface area contributed by atoms with Gasteiger partial charge < -0.3 is 4.74 Å². The Balaban J connectivity index is 2.15. The van der Waals surface area contributed by atoms with E-state index in [9.17, 15) is 9.18 Å². The van der Waals surface area contributed by atoms with Crippen molar-refractivity contribution in [1.29, 1.82) is 0 Å². The zero-order chi connectivity index (χ0) is 19.2. The van der Waals surface area contributed by atoms with Gasteiger partial charge in [-0.3, -0.25) is 4.79 Å². The maximum Gasteiger partial charge on any atom is 0.312 e. The van der Waals surface area contributed by atoms with E-state index < -0.39 is 11.8 Å². The van der Waals surface area contributed by atoms with Crippen LogP contribution in [0.5, 0.6) is 0 Å². The fourth-order valence-electron chi connectivity index (χ4n) is 3.52. The predicted octanol–water partition coefficient (Wildman–Crippen LogP) is 6.49. The summed E-state index contributed by atoms with van der Waals surface area (Å²) in [6.45, 7) is 8.76. The minimum absolute atomic E-state index is 0.197. The average Bonchev–Trinajstić information content (AvgIpc) is 2.54. The number of carbonyl (C=O) groups is 1. The molecule has 1 aliphatic rings. The van der Waals surface area contributed by atoms with E-state index >= 15 is 0 Å². The lowest BCUT2D eigenvalue weighted by Crippen LogP contribution is -2.18. The summed E-state index contributed by atoms with van der Waals surface area (Å²) in [6, 6.07) is 7.66. The first-order valence-electron chi connectivity index (χ1n) is 9.32. The van der Waals surface area contributed by atoms with Crippen molar-refractivity contribution in [3.63, 3.8) is 0 Å². The Bertz CT molecular complexity index is 738. The molecular formula is C23H29FO2. The van der Waals surface area contributed by atoms with Crippen molar-refractivity contribution in [2.45, 2.75) is 53.4 Å². The zero-order valence-electron chi connectivity index (χ0n) is 16.3. The van der Waals surface area contributed by atoms with Crippen molar-refractivity contribution in [2.24, 2.45) is 5.41 Å². The second kappa shape index (κ2) is 8.98. The third kappa shape index (κ3) is 5.69. The van der Waals surface area contributed by atoms with Crippen molar-refractivity contribution in [1.82, 2.24) is 0 Å². The fraction of sp³-hybridized carbons (Fsp3) is 0.435. The summed E-state index contributed by atoms with van der Waals surface area (Å²) in [4.78, 5) is 11.4. The summed E-state index contributed by atoms with van der Waals surface area (Å²) in [5, 5.41) is 0. The molecule has 2 nitrogen and oxygen atoms in total. The summed E-state index contributed by atoms with van der Waals surface area (Å²) in [5.41, 5.74) is 4.81. The van der Waals surface area contributed by atoms with Crippen molar-refractivity contribution < 1.29 is 13.9 Å². The maximum atomic E-state index is 14.0. The number of hydrogen-bond acceptors (Lipinski definition) is 2. The van der Waals surface area contributed by atoms with Crippen LogP contribution in [0, 0.1) is 5.41 Å². The van der Waals surface area contributed by atoms with Gasteiger partial charge in [0.15, 0.2) is 0 Å². The highest BCUT2D eigenvalue weighted by Crippen LogP contribution is 2.40. The highest BCUT2D eigenvalue weighted by atomic mass is 19.1. The second-order valence-corrected chi connectivity index (χ2v) is 7.51. The van der Waals surface area contributed by atoms with E-state index in [0.29, 0.717) is 0 Å². The summed E-state index contributed by atoms with van der Waals surface area (Å²) < 4.78 is 18.7. The van der Waals surface area contributed by atoms with Crippen LogP contribution in [0.4, 0.5) is 4.39 Å². The van der Waals surface area contributed by atoms with E-state index in [4.69, 9.17) is 4.74 Å². The smallest absolute Gasteiger partial charge is 0.312 e. The second-order valence-electron chi connectivity index (χ2n) is 7.51. The number of esters is 1. The van der Waals surface area contributed by atoms with Crippen LogP contribution in [0.1, 0.15) is 64.5 Å². The quantitative estimate of drug-likeness (QED) is 0.545. The molecule has 0 atom stereocenters. The van der Waals surface area contributed by atoms with Gasteiger partial charge in [0.1, 0.15) is 5.83 Å². The lowest BCUT2D eigenvalue weighted by Gasteiger charge is -2.32. The number of halogens is 1. The minimum atomic E-state index is -0.542. The Hall–Kier alpha value is -2.16. The molecule has 0 aliphatic heterocycles. The summed E-state index contributed by atoms with van der Waals surface area (Å²) in [5.74, 6) is -1.03. The Morgan fingerprint density at radius 2 is 2.00 bits per heavy atom. The lowest BCUT2D eigenvalue weighted by atomic mass is 9.72. The Morgan fingerprint density at radius 3 is 2.69 bits per heavy atom. The molecule has 0 spiro atoms. The van der Waals surface area contributed by atoms with Gasteiger partial charge in [0, 0.05) is 0 Å². The standard InChI is InChI=1S/C23H29FO2/c1-5-26-22(25)16-20(24)15-19-10-6-9-18(14-19)11-12-21-17(2)8-7-13-23(21,3)4/h6,9-12,14-15H,5,7-8,13,16H2,1-4H3. The maximum absolute atomic E-state index is 14.0. The molecule has 3 heteroatoms. The van der Waals surface area contributed by atoms with Gasteiger partial charge >= 0.3 is 5.97 Å². The number of allylic oxidation sites excluding steroid dienone is 3. The first kappa shape index (κ1) is 20.2. The number of ether oxygens (including phenoxy) is 1. The molecule has 0 fully saturated rings. The van der Waals surface area contributed by atoms with Crippen LogP contribution in [-0.2, 0) is 9.53 Å². The SMILES string of the molecule is CCOC(=O)CC(F)=Cc1cccc(C=CC2=C(C)CCCC2(C)C)c1. The summed E-state index contributed by atoms with van der Waals surface area (Å²) in [6.07, 6.45) is 8.96. The largest absolute Gasteiger partial charge is 0.466 e. The number of hydrogen-bond donors (Lipinski definition) is 0. The van der Waals surface area contributed by atoms with Gasteiger partial charge in [-0.1, -0.05) is 49.8 Å². The van der Waals surface area contributed by atoms with Crippen molar-refractivity contribution in [2.75, 3.05) is 6.61 Å². The summed E-state index contributed by atoms with van der Waals surface area (Å²) >= 11 is 0. The van der Waals surface area contributed by atoms with Crippen LogP contribution in [0.2, 0.25) is 0 Å². The van der Waals surface area contributed by atoms with E-state index in [0.717, 1.165) is 17.5 Å². The molecule has 0 heterocycles. The third-order valence-corrected chi connectivity index (χ3v) is 4.84. The molecule has 1 aromatic rings. The molecule has 0 N–H and O–H groups in total. The molecule has 0 aromatic heterocycles. The zero-order valence-corrected chi connectivity index (χ0v) is 16.3. The monoisotopic (exact) mass is 356 g/mol. The van der Waals surface area contributed by atoms with Gasteiger partial charge in [0.05, 0.1) is 13.0 Å². The lowest BCUT2D eigenvalue weighted by molar-refractivity contribution is -0.142. The van der Waals surface area contributed by atoms with Gasteiger partial charge in [-0.15, -0.1) is 0 Å². The van der Waals surface area contributed by atoms with Crippen LogP contribution in [0.15, 0.2) is 47.3 Å². The van der Waals surface area contributed by atoms with Crippen molar-refractivity contribution in [3.05, 3.63) is 58.4 Å². The average molecular weight is 356 g/mol. The molecule has 1 aromatic carbocycles. The van der Waals surface area contributed by atoms with Crippen molar-refractivity contribution in [3.8, 4) is 0 Å². The van der Waals surface area contributed by atoms with Gasteiger partial charge in [0.2, 0.25) is 0 Å². The topological polar surface area (TPSA) is 26.3 Å². The van der Waals surface area contributed by atoms with Crippen LogP contribution in [-0.4, -0.2) is 12.6 Å². The van der Waals surface area contributed by atoms with Gasteiger partial charge in [0.25, 0.3) is 0 Å². The number of carbonyl (C=O) groups excluding carboxylic acids is 1. The molecule has 0 unspecified atom stereocenters. The molecule has 26 heavy (non-hydrogen) atoms. The van der Waals surface area contributed by atoms with Crippen LogP contribution in [0.25, 0.3) is 12.2 Å².